The van der Waals surface area contributed by atoms with Crippen LogP contribution in [-0.2, 0) is 4.79 Å². The highest BCUT2D eigenvalue weighted by atomic mass is 79.9. The molecule has 0 saturated heterocycles. The van der Waals surface area contributed by atoms with Crippen molar-refractivity contribution < 1.29 is 9.53 Å². The second kappa shape index (κ2) is 5.19. The van der Waals surface area contributed by atoms with Crippen molar-refractivity contribution in [1.29, 1.82) is 0 Å². The first-order chi connectivity index (χ1) is 8.22. The predicted octanol–water partition coefficient (Wildman–Crippen LogP) is 2.48. The molecule has 0 N–H and O–H groups in total. The molecule has 0 spiro atoms. The van der Waals surface area contributed by atoms with Gasteiger partial charge in [0.2, 0.25) is 6.54 Å². The van der Waals surface area contributed by atoms with Crippen LogP contribution in [0.5, 0.6) is 5.75 Å². The number of rotatable bonds is 3. The lowest BCUT2D eigenvalue weighted by Gasteiger charge is -2.29. The van der Waals surface area contributed by atoms with E-state index in [1.807, 2.05) is 18.2 Å². The molecule has 4 nitrogen and oxygen atoms in total. The normalized spacial score (nSPS) is 13.9. The summed E-state index contributed by atoms with van der Waals surface area (Å²) in [7, 11) is 0. The monoisotopic (exact) mass is 294 g/mol. The van der Waals surface area contributed by atoms with Crippen LogP contribution in [0.3, 0.4) is 0 Å². The van der Waals surface area contributed by atoms with Gasteiger partial charge in [-0.1, -0.05) is 15.9 Å². The van der Waals surface area contributed by atoms with Crippen LogP contribution in [0.25, 0.3) is 4.85 Å². The zero-order chi connectivity index (χ0) is 12.3. The molecule has 1 aromatic rings. The highest BCUT2D eigenvalue weighted by Gasteiger charge is 2.25. The Bertz CT molecular complexity index is 482. The molecule has 1 aromatic carbocycles. The van der Waals surface area contributed by atoms with Crippen LogP contribution in [0.15, 0.2) is 22.7 Å². The fraction of sp³-hybridized carbons (Fsp3) is 0.333. The van der Waals surface area contributed by atoms with Gasteiger partial charge in [-0.25, -0.2) is 6.57 Å². The third-order valence-electron chi connectivity index (χ3n) is 2.52. The van der Waals surface area contributed by atoms with E-state index in [0.717, 1.165) is 10.2 Å². The maximum atomic E-state index is 11.7. The lowest BCUT2D eigenvalue weighted by atomic mass is 10.2. The van der Waals surface area contributed by atoms with Gasteiger partial charge in [-0.05, 0) is 18.2 Å². The van der Waals surface area contributed by atoms with Gasteiger partial charge in [-0.3, -0.25) is 4.79 Å². The molecule has 0 saturated carbocycles. The molecule has 17 heavy (non-hydrogen) atoms. The third-order valence-corrected chi connectivity index (χ3v) is 3.01. The quantitative estimate of drug-likeness (QED) is 0.634. The second-order valence-electron chi connectivity index (χ2n) is 3.68. The largest absolute Gasteiger partial charge is 0.482 e. The summed E-state index contributed by atoms with van der Waals surface area (Å²) >= 11 is 3.37. The summed E-state index contributed by atoms with van der Waals surface area (Å²) in [4.78, 5) is 16.7. The number of carbonyl (C=O) groups is 1. The fourth-order valence-corrected chi connectivity index (χ4v) is 2.07. The molecule has 0 fully saturated rings. The minimum absolute atomic E-state index is 0.0511. The molecule has 0 radical (unpaired) electrons. The van der Waals surface area contributed by atoms with Crippen LogP contribution in [0, 0.1) is 6.57 Å². The second-order valence-corrected chi connectivity index (χ2v) is 4.60. The van der Waals surface area contributed by atoms with Crippen molar-refractivity contribution in [3.8, 4) is 5.75 Å². The lowest BCUT2D eigenvalue weighted by Crippen LogP contribution is -2.39. The summed E-state index contributed by atoms with van der Waals surface area (Å²) in [6.45, 7) is 7.81. The van der Waals surface area contributed by atoms with E-state index in [0.29, 0.717) is 25.3 Å². The number of ether oxygens (including phenoxy) is 1. The van der Waals surface area contributed by atoms with Crippen LogP contribution in [0.2, 0.25) is 0 Å². The average Bonchev–Trinajstić information content (AvgIpc) is 2.32. The minimum Gasteiger partial charge on any atom is -0.482 e. The summed E-state index contributed by atoms with van der Waals surface area (Å²) < 4.78 is 6.29. The zero-order valence-electron chi connectivity index (χ0n) is 9.15. The number of amides is 1. The number of fused-ring (bicyclic) bond motifs is 1. The first-order valence-electron chi connectivity index (χ1n) is 5.28. The average molecular weight is 295 g/mol. The Morgan fingerprint density at radius 1 is 1.53 bits per heavy atom. The molecule has 1 amide bonds. The summed E-state index contributed by atoms with van der Waals surface area (Å²) in [5.74, 6) is 0.659. The molecule has 0 aliphatic carbocycles. The molecular weight excluding hydrogens is 284 g/mol. The first-order valence-corrected chi connectivity index (χ1v) is 6.07. The molecule has 1 aliphatic heterocycles. The van der Waals surface area contributed by atoms with Crippen molar-refractivity contribution in [1.82, 2.24) is 0 Å². The van der Waals surface area contributed by atoms with E-state index in [1.54, 1.807) is 4.90 Å². The van der Waals surface area contributed by atoms with E-state index < -0.39 is 0 Å². The van der Waals surface area contributed by atoms with Gasteiger partial charge in [0.1, 0.15) is 5.75 Å². The first kappa shape index (κ1) is 11.9. The highest BCUT2D eigenvalue weighted by molar-refractivity contribution is 9.10. The highest BCUT2D eigenvalue weighted by Crippen LogP contribution is 2.34. The Labute approximate surface area is 108 Å². The van der Waals surface area contributed by atoms with Gasteiger partial charge in [-0.2, -0.15) is 0 Å². The number of hydrogen-bond acceptors (Lipinski definition) is 2. The summed E-state index contributed by atoms with van der Waals surface area (Å²) in [6, 6.07) is 5.58. The van der Waals surface area contributed by atoms with Gasteiger partial charge in [-0.15, -0.1) is 0 Å². The van der Waals surface area contributed by atoms with E-state index in [2.05, 4.69) is 20.8 Å². The van der Waals surface area contributed by atoms with Crippen molar-refractivity contribution in [2.45, 2.75) is 6.42 Å². The van der Waals surface area contributed by atoms with Gasteiger partial charge >= 0.3 is 0 Å². The molecule has 1 heterocycles. The van der Waals surface area contributed by atoms with E-state index in [4.69, 9.17) is 11.3 Å². The Balaban J connectivity index is 2.21. The maximum Gasteiger partial charge on any atom is 0.265 e. The van der Waals surface area contributed by atoms with Gasteiger partial charge < -0.3 is 14.5 Å². The van der Waals surface area contributed by atoms with Crippen LogP contribution >= 0.6 is 15.9 Å². The van der Waals surface area contributed by atoms with Gasteiger partial charge in [0, 0.05) is 17.4 Å². The number of benzene rings is 1. The van der Waals surface area contributed by atoms with Gasteiger partial charge in [0.15, 0.2) is 6.61 Å². The summed E-state index contributed by atoms with van der Waals surface area (Å²) in [6.07, 6.45) is 0.685. The maximum absolute atomic E-state index is 11.7. The predicted molar refractivity (Wildman–Crippen MR) is 68.1 cm³/mol. The SMILES string of the molecule is [C-]#[N+]CCCN1C(=O)COc2cc(Br)ccc21. The Morgan fingerprint density at radius 2 is 2.35 bits per heavy atom. The molecule has 5 heteroatoms. The molecular formula is C12H11BrN2O2. The van der Waals surface area contributed by atoms with Crippen molar-refractivity contribution >= 4 is 27.5 Å². The van der Waals surface area contributed by atoms with E-state index in [9.17, 15) is 4.79 Å². The standard InChI is InChI=1S/C12H11BrN2O2/c1-14-5-2-6-15-10-4-3-9(13)7-11(10)17-8-12(15)16/h3-4,7H,2,5-6,8H2. The Morgan fingerprint density at radius 3 is 3.12 bits per heavy atom. The van der Waals surface area contributed by atoms with E-state index >= 15 is 0 Å². The molecule has 0 bridgehead atoms. The van der Waals surface area contributed by atoms with E-state index in [-0.39, 0.29) is 12.5 Å². The van der Waals surface area contributed by atoms with Crippen LogP contribution in [-0.4, -0.2) is 25.6 Å². The number of anilines is 1. The number of halogens is 1. The fourth-order valence-electron chi connectivity index (χ4n) is 1.73. The van der Waals surface area contributed by atoms with Crippen molar-refractivity contribution in [3.63, 3.8) is 0 Å². The summed E-state index contributed by atoms with van der Waals surface area (Å²) in [5.41, 5.74) is 0.787. The van der Waals surface area contributed by atoms with Crippen molar-refractivity contribution in [2.75, 3.05) is 24.6 Å². The number of hydrogen-bond donors (Lipinski definition) is 0. The summed E-state index contributed by atoms with van der Waals surface area (Å²) in [5, 5.41) is 0. The smallest absolute Gasteiger partial charge is 0.265 e. The minimum atomic E-state index is -0.0511. The van der Waals surface area contributed by atoms with E-state index in [1.165, 1.54) is 0 Å². The zero-order valence-corrected chi connectivity index (χ0v) is 10.7. The molecule has 0 aromatic heterocycles. The third kappa shape index (κ3) is 2.59. The molecule has 88 valence electrons. The Hall–Kier alpha value is -1.54. The van der Waals surface area contributed by atoms with Crippen LogP contribution < -0.4 is 9.64 Å². The molecule has 0 unspecified atom stereocenters. The van der Waals surface area contributed by atoms with Crippen LogP contribution in [0.4, 0.5) is 5.69 Å². The van der Waals surface area contributed by atoms with Crippen molar-refractivity contribution in [2.24, 2.45) is 0 Å². The van der Waals surface area contributed by atoms with Crippen LogP contribution in [0.1, 0.15) is 6.42 Å². The Kier molecular flexibility index (Phi) is 3.64. The molecule has 2 rings (SSSR count). The van der Waals surface area contributed by atoms with Crippen molar-refractivity contribution in [3.05, 3.63) is 34.1 Å². The number of carbonyl (C=O) groups excluding carboxylic acids is 1. The van der Waals surface area contributed by atoms with Gasteiger partial charge in [0.25, 0.3) is 5.91 Å². The van der Waals surface area contributed by atoms with Gasteiger partial charge in [0.05, 0.1) is 5.69 Å². The lowest BCUT2D eigenvalue weighted by molar-refractivity contribution is -0.121. The topological polar surface area (TPSA) is 33.9 Å². The molecule has 0 atom stereocenters. The molecule has 1 aliphatic rings. The number of nitrogens with zero attached hydrogens (tertiary/aromatic N) is 2.